The first-order chi connectivity index (χ1) is 8.17. The SMILES string of the molecule is CNCc1ccc(N(CCO)CC(F)F)nc1. The molecule has 0 saturated heterocycles. The van der Waals surface area contributed by atoms with Gasteiger partial charge in [-0.15, -0.1) is 0 Å². The van der Waals surface area contributed by atoms with Gasteiger partial charge in [0, 0.05) is 19.3 Å². The second-order valence-corrected chi connectivity index (χ2v) is 3.62. The Kier molecular flexibility index (Phi) is 5.79. The minimum atomic E-state index is -2.44. The van der Waals surface area contributed by atoms with Crippen LogP contribution < -0.4 is 10.2 Å². The van der Waals surface area contributed by atoms with Crippen LogP contribution in [0.1, 0.15) is 5.56 Å². The van der Waals surface area contributed by atoms with Crippen LogP contribution in [0.5, 0.6) is 0 Å². The summed E-state index contributed by atoms with van der Waals surface area (Å²) in [5.41, 5.74) is 0.984. The van der Waals surface area contributed by atoms with Crippen LogP contribution in [0.3, 0.4) is 0 Å². The maximum Gasteiger partial charge on any atom is 0.255 e. The quantitative estimate of drug-likeness (QED) is 0.748. The average Bonchev–Trinajstić information content (AvgIpc) is 2.29. The van der Waals surface area contributed by atoms with Crippen molar-refractivity contribution in [3.8, 4) is 0 Å². The van der Waals surface area contributed by atoms with Crippen molar-refractivity contribution < 1.29 is 13.9 Å². The fourth-order valence-corrected chi connectivity index (χ4v) is 1.50. The number of nitrogens with one attached hydrogen (secondary N) is 1. The van der Waals surface area contributed by atoms with Gasteiger partial charge in [-0.3, -0.25) is 0 Å². The van der Waals surface area contributed by atoms with Gasteiger partial charge in [0.25, 0.3) is 6.43 Å². The highest BCUT2D eigenvalue weighted by Gasteiger charge is 2.13. The third-order valence-corrected chi connectivity index (χ3v) is 2.24. The van der Waals surface area contributed by atoms with E-state index in [1.165, 1.54) is 4.90 Å². The summed E-state index contributed by atoms with van der Waals surface area (Å²) in [5, 5.41) is 11.8. The first-order valence-electron chi connectivity index (χ1n) is 5.41. The Morgan fingerprint density at radius 2 is 2.24 bits per heavy atom. The molecule has 0 amide bonds. The van der Waals surface area contributed by atoms with Crippen molar-refractivity contribution in [1.29, 1.82) is 0 Å². The number of halogens is 2. The normalized spacial score (nSPS) is 10.9. The number of hydrogen-bond acceptors (Lipinski definition) is 4. The molecule has 0 saturated carbocycles. The molecule has 1 heterocycles. The average molecular weight is 245 g/mol. The van der Waals surface area contributed by atoms with Crippen LogP contribution in [0, 0.1) is 0 Å². The van der Waals surface area contributed by atoms with Gasteiger partial charge in [-0.1, -0.05) is 6.07 Å². The molecule has 2 N–H and O–H groups in total. The Morgan fingerprint density at radius 1 is 1.47 bits per heavy atom. The summed E-state index contributed by atoms with van der Waals surface area (Å²) in [6, 6.07) is 3.51. The van der Waals surface area contributed by atoms with Crippen LogP contribution >= 0.6 is 0 Å². The van der Waals surface area contributed by atoms with Crippen LogP contribution in [0.25, 0.3) is 0 Å². The molecule has 0 aliphatic rings. The van der Waals surface area contributed by atoms with Crippen molar-refractivity contribution in [2.75, 3.05) is 31.6 Å². The number of aliphatic hydroxyl groups is 1. The molecule has 0 aliphatic heterocycles. The molecular formula is C11H17F2N3O. The molecule has 1 aromatic heterocycles. The number of alkyl halides is 2. The lowest BCUT2D eigenvalue weighted by Crippen LogP contribution is -2.32. The third-order valence-electron chi connectivity index (χ3n) is 2.24. The molecule has 0 aromatic carbocycles. The van der Waals surface area contributed by atoms with E-state index < -0.39 is 13.0 Å². The van der Waals surface area contributed by atoms with Crippen LogP contribution in [-0.4, -0.2) is 43.3 Å². The van der Waals surface area contributed by atoms with Crippen LogP contribution in [0.15, 0.2) is 18.3 Å². The molecule has 17 heavy (non-hydrogen) atoms. The van der Waals surface area contributed by atoms with Crippen LogP contribution in [0.4, 0.5) is 14.6 Å². The van der Waals surface area contributed by atoms with Gasteiger partial charge < -0.3 is 15.3 Å². The highest BCUT2D eigenvalue weighted by atomic mass is 19.3. The van der Waals surface area contributed by atoms with Gasteiger partial charge in [-0.25, -0.2) is 13.8 Å². The van der Waals surface area contributed by atoms with Crippen molar-refractivity contribution in [3.63, 3.8) is 0 Å². The maximum atomic E-state index is 12.3. The van der Waals surface area contributed by atoms with Gasteiger partial charge in [0.05, 0.1) is 13.2 Å². The smallest absolute Gasteiger partial charge is 0.255 e. The Labute approximate surface area is 99.3 Å². The number of rotatable bonds is 7. The monoisotopic (exact) mass is 245 g/mol. The number of aromatic nitrogens is 1. The van der Waals surface area contributed by atoms with Gasteiger partial charge in [-0.05, 0) is 18.7 Å². The van der Waals surface area contributed by atoms with E-state index in [0.717, 1.165) is 5.56 Å². The summed E-state index contributed by atoms with van der Waals surface area (Å²) in [7, 11) is 1.82. The Hall–Kier alpha value is -1.27. The van der Waals surface area contributed by atoms with E-state index in [-0.39, 0.29) is 13.2 Å². The summed E-state index contributed by atoms with van der Waals surface area (Å²) in [4.78, 5) is 5.48. The zero-order chi connectivity index (χ0) is 12.7. The zero-order valence-corrected chi connectivity index (χ0v) is 9.74. The van der Waals surface area contributed by atoms with E-state index in [2.05, 4.69) is 10.3 Å². The number of anilines is 1. The van der Waals surface area contributed by atoms with Crippen molar-refractivity contribution in [2.45, 2.75) is 13.0 Å². The molecule has 0 spiro atoms. The van der Waals surface area contributed by atoms with E-state index in [1.807, 2.05) is 13.1 Å². The number of nitrogens with zero attached hydrogens (tertiary/aromatic N) is 2. The number of aliphatic hydroxyl groups excluding tert-OH is 1. The van der Waals surface area contributed by atoms with Crippen molar-refractivity contribution in [1.82, 2.24) is 10.3 Å². The van der Waals surface area contributed by atoms with E-state index in [4.69, 9.17) is 5.11 Å². The van der Waals surface area contributed by atoms with Crippen molar-refractivity contribution in [2.24, 2.45) is 0 Å². The van der Waals surface area contributed by atoms with Gasteiger partial charge in [0.2, 0.25) is 0 Å². The molecular weight excluding hydrogens is 228 g/mol. The Morgan fingerprint density at radius 3 is 2.71 bits per heavy atom. The molecule has 96 valence electrons. The molecule has 0 atom stereocenters. The maximum absolute atomic E-state index is 12.3. The second-order valence-electron chi connectivity index (χ2n) is 3.62. The van der Waals surface area contributed by atoms with Crippen molar-refractivity contribution in [3.05, 3.63) is 23.9 Å². The Bertz CT molecular complexity index is 319. The summed E-state index contributed by atoms with van der Waals surface area (Å²) in [6.07, 6.45) is -0.804. The lowest BCUT2D eigenvalue weighted by atomic mass is 10.2. The molecule has 1 rings (SSSR count). The predicted octanol–water partition coefficient (Wildman–Crippen LogP) is 0.865. The minimum absolute atomic E-state index is 0.155. The van der Waals surface area contributed by atoms with Crippen LogP contribution in [0.2, 0.25) is 0 Å². The standard InChI is InChI=1S/C11H17F2N3O/c1-14-6-9-2-3-11(15-7-9)16(4-5-17)8-10(12)13/h2-3,7,10,14,17H,4-6,8H2,1H3. The van der Waals surface area contributed by atoms with E-state index in [0.29, 0.717) is 12.4 Å². The zero-order valence-electron chi connectivity index (χ0n) is 9.74. The summed E-state index contributed by atoms with van der Waals surface area (Å²) in [6.45, 7) is 0.246. The first kappa shape index (κ1) is 13.8. The van der Waals surface area contributed by atoms with E-state index >= 15 is 0 Å². The summed E-state index contributed by atoms with van der Waals surface area (Å²) in [5.74, 6) is 0.458. The topological polar surface area (TPSA) is 48.4 Å². The molecule has 1 aromatic rings. The summed E-state index contributed by atoms with van der Waals surface area (Å²) < 4.78 is 24.7. The number of pyridine rings is 1. The van der Waals surface area contributed by atoms with Gasteiger partial charge in [0.1, 0.15) is 5.82 Å². The first-order valence-corrected chi connectivity index (χ1v) is 5.41. The van der Waals surface area contributed by atoms with Crippen molar-refractivity contribution >= 4 is 5.82 Å². The van der Waals surface area contributed by atoms with Gasteiger partial charge in [0.15, 0.2) is 0 Å². The lowest BCUT2D eigenvalue weighted by Gasteiger charge is -2.22. The molecule has 6 heteroatoms. The number of hydrogen-bond donors (Lipinski definition) is 2. The van der Waals surface area contributed by atoms with Gasteiger partial charge >= 0.3 is 0 Å². The molecule has 0 fully saturated rings. The second kappa shape index (κ2) is 7.13. The largest absolute Gasteiger partial charge is 0.395 e. The van der Waals surface area contributed by atoms with Gasteiger partial charge in [-0.2, -0.15) is 0 Å². The Balaban J connectivity index is 2.72. The van der Waals surface area contributed by atoms with E-state index in [1.54, 1.807) is 12.3 Å². The highest BCUT2D eigenvalue weighted by molar-refractivity contribution is 5.39. The minimum Gasteiger partial charge on any atom is -0.395 e. The molecule has 0 unspecified atom stereocenters. The molecule has 0 radical (unpaired) electrons. The fourth-order valence-electron chi connectivity index (χ4n) is 1.50. The molecule has 0 aliphatic carbocycles. The predicted molar refractivity (Wildman–Crippen MR) is 62.3 cm³/mol. The summed E-state index contributed by atoms with van der Waals surface area (Å²) >= 11 is 0. The van der Waals surface area contributed by atoms with E-state index in [9.17, 15) is 8.78 Å². The lowest BCUT2D eigenvalue weighted by molar-refractivity contribution is 0.152. The third kappa shape index (κ3) is 4.62. The molecule has 0 bridgehead atoms. The highest BCUT2D eigenvalue weighted by Crippen LogP contribution is 2.12. The van der Waals surface area contributed by atoms with Crippen LogP contribution in [-0.2, 0) is 6.54 Å². The fraction of sp³-hybridized carbons (Fsp3) is 0.545. The molecule has 4 nitrogen and oxygen atoms in total.